The van der Waals surface area contributed by atoms with Gasteiger partial charge in [-0.2, -0.15) is 0 Å². The fourth-order valence-corrected chi connectivity index (χ4v) is 3.21. The first-order valence-electron chi connectivity index (χ1n) is 6.27. The molecule has 2 saturated heterocycles. The van der Waals surface area contributed by atoms with Crippen LogP contribution >= 0.6 is 15.9 Å². The van der Waals surface area contributed by atoms with Crippen LogP contribution in [-0.2, 0) is 9.53 Å². The first kappa shape index (κ1) is 12.4. The molecule has 0 aromatic carbocycles. The third-order valence-corrected chi connectivity index (χ3v) is 4.09. The van der Waals surface area contributed by atoms with Crippen LogP contribution in [0.5, 0.6) is 0 Å². The summed E-state index contributed by atoms with van der Waals surface area (Å²) in [7, 11) is 0. The molecule has 0 spiro atoms. The van der Waals surface area contributed by atoms with Crippen LogP contribution in [0.4, 0.5) is 0 Å². The van der Waals surface area contributed by atoms with Gasteiger partial charge in [0.25, 0.3) is 0 Å². The summed E-state index contributed by atoms with van der Waals surface area (Å²) in [4.78, 5) is 14.4. The zero-order valence-corrected chi connectivity index (χ0v) is 11.2. The van der Waals surface area contributed by atoms with Crippen molar-refractivity contribution in [1.82, 2.24) is 4.90 Å². The average Bonchev–Trinajstić information content (AvgIpc) is 2.83. The third-order valence-electron chi connectivity index (χ3n) is 3.63. The van der Waals surface area contributed by atoms with Crippen molar-refractivity contribution in [3.05, 3.63) is 0 Å². The number of rotatable bonds is 3. The van der Waals surface area contributed by atoms with Gasteiger partial charge in [-0.05, 0) is 32.1 Å². The summed E-state index contributed by atoms with van der Waals surface area (Å²) in [5, 5.41) is 0.989. The van der Waals surface area contributed by atoms with Crippen molar-refractivity contribution in [1.29, 1.82) is 0 Å². The van der Waals surface area contributed by atoms with E-state index in [1.807, 2.05) is 0 Å². The van der Waals surface area contributed by atoms with Crippen molar-refractivity contribution < 1.29 is 9.53 Å². The molecular formula is C12H20BrNO2. The summed E-state index contributed by atoms with van der Waals surface area (Å²) < 4.78 is 5.31. The predicted octanol–water partition coefficient (Wildman–Crippen LogP) is 2.19. The second-order valence-electron chi connectivity index (χ2n) is 4.72. The largest absolute Gasteiger partial charge is 0.381 e. The first-order chi connectivity index (χ1) is 7.83. The van der Waals surface area contributed by atoms with Gasteiger partial charge in [0.2, 0.25) is 5.91 Å². The minimum Gasteiger partial charge on any atom is -0.381 e. The molecule has 0 aliphatic carbocycles. The fourth-order valence-electron chi connectivity index (χ4n) is 2.68. The summed E-state index contributed by atoms with van der Waals surface area (Å²) in [5.41, 5.74) is 0. The average molecular weight is 290 g/mol. The molecule has 2 aliphatic rings. The van der Waals surface area contributed by atoms with Crippen LogP contribution in [0.2, 0.25) is 0 Å². The molecule has 2 aliphatic heterocycles. The lowest BCUT2D eigenvalue weighted by Crippen LogP contribution is -2.46. The SMILES string of the molecule is O=C(C1CCOC1)N1CCCCC1CCBr. The van der Waals surface area contributed by atoms with E-state index in [1.54, 1.807) is 0 Å². The highest BCUT2D eigenvalue weighted by atomic mass is 79.9. The van der Waals surface area contributed by atoms with Crippen LogP contribution in [0.1, 0.15) is 32.1 Å². The van der Waals surface area contributed by atoms with Gasteiger partial charge >= 0.3 is 0 Å². The van der Waals surface area contributed by atoms with E-state index in [2.05, 4.69) is 20.8 Å². The lowest BCUT2D eigenvalue weighted by Gasteiger charge is -2.37. The zero-order chi connectivity index (χ0) is 11.4. The van der Waals surface area contributed by atoms with E-state index in [0.717, 1.165) is 37.7 Å². The van der Waals surface area contributed by atoms with Gasteiger partial charge in [0.15, 0.2) is 0 Å². The highest BCUT2D eigenvalue weighted by Crippen LogP contribution is 2.24. The normalized spacial score (nSPS) is 30.7. The molecule has 0 radical (unpaired) electrons. The number of hydrogen-bond acceptors (Lipinski definition) is 2. The first-order valence-corrected chi connectivity index (χ1v) is 7.39. The van der Waals surface area contributed by atoms with Crippen molar-refractivity contribution >= 4 is 21.8 Å². The molecule has 2 unspecified atom stereocenters. The second kappa shape index (κ2) is 6.01. The van der Waals surface area contributed by atoms with E-state index in [-0.39, 0.29) is 5.92 Å². The van der Waals surface area contributed by atoms with E-state index in [1.165, 1.54) is 12.8 Å². The minimum absolute atomic E-state index is 0.135. The Morgan fingerprint density at radius 3 is 2.94 bits per heavy atom. The fraction of sp³-hybridized carbons (Fsp3) is 0.917. The van der Waals surface area contributed by atoms with Gasteiger partial charge in [-0.15, -0.1) is 0 Å². The topological polar surface area (TPSA) is 29.5 Å². The Kier molecular flexibility index (Phi) is 4.65. The molecule has 2 fully saturated rings. The van der Waals surface area contributed by atoms with Crippen LogP contribution in [0.3, 0.4) is 0 Å². The molecule has 1 amide bonds. The number of nitrogens with zero attached hydrogens (tertiary/aromatic N) is 1. The summed E-state index contributed by atoms with van der Waals surface area (Å²) in [6.07, 6.45) is 5.60. The highest BCUT2D eigenvalue weighted by Gasteiger charge is 2.32. The van der Waals surface area contributed by atoms with Crippen LogP contribution in [0.15, 0.2) is 0 Å². The summed E-state index contributed by atoms with van der Waals surface area (Å²) >= 11 is 3.48. The number of likely N-dealkylation sites (tertiary alicyclic amines) is 1. The maximum absolute atomic E-state index is 12.3. The van der Waals surface area contributed by atoms with Gasteiger partial charge in [0.1, 0.15) is 0 Å². The molecule has 0 aromatic rings. The van der Waals surface area contributed by atoms with Crippen LogP contribution in [0, 0.1) is 5.92 Å². The van der Waals surface area contributed by atoms with Gasteiger partial charge < -0.3 is 9.64 Å². The molecule has 2 heterocycles. The molecule has 2 atom stereocenters. The Labute approximate surface area is 106 Å². The standard InChI is InChI=1S/C12H20BrNO2/c13-6-4-11-3-1-2-7-14(11)12(15)10-5-8-16-9-10/h10-11H,1-9H2. The lowest BCUT2D eigenvalue weighted by molar-refractivity contribution is -0.139. The molecule has 3 nitrogen and oxygen atoms in total. The van der Waals surface area contributed by atoms with E-state index in [4.69, 9.17) is 4.74 Å². The van der Waals surface area contributed by atoms with E-state index in [0.29, 0.717) is 18.6 Å². The molecule has 92 valence electrons. The van der Waals surface area contributed by atoms with E-state index >= 15 is 0 Å². The third kappa shape index (κ3) is 2.77. The second-order valence-corrected chi connectivity index (χ2v) is 5.51. The van der Waals surface area contributed by atoms with Crippen LogP contribution in [0.25, 0.3) is 0 Å². The molecular weight excluding hydrogens is 270 g/mol. The number of carbonyl (C=O) groups excluding carboxylic acids is 1. The molecule has 0 N–H and O–H groups in total. The number of amides is 1. The Balaban J connectivity index is 1.95. The van der Waals surface area contributed by atoms with Crippen LogP contribution in [-0.4, -0.2) is 41.9 Å². The molecule has 0 saturated carbocycles. The number of carbonyl (C=O) groups is 1. The number of alkyl halides is 1. The van der Waals surface area contributed by atoms with Gasteiger partial charge in [-0.1, -0.05) is 15.9 Å². The minimum atomic E-state index is 0.135. The summed E-state index contributed by atoms with van der Waals surface area (Å²) in [6, 6.07) is 0.459. The summed E-state index contributed by atoms with van der Waals surface area (Å²) in [5.74, 6) is 0.471. The molecule has 16 heavy (non-hydrogen) atoms. The zero-order valence-electron chi connectivity index (χ0n) is 9.66. The van der Waals surface area contributed by atoms with Crippen molar-refractivity contribution in [3.8, 4) is 0 Å². The quantitative estimate of drug-likeness (QED) is 0.746. The Morgan fingerprint density at radius 1 is 1.38 bits per heavy atom. The van der Waals surface area contributed by atoms with Gasteiger partial charge in [0, 0.05) is 24.5 Å². The van der Waals surface area contributed by atoms with Crippen molar-refractivity contribution in [2.75, 3.05) is 25.1 Å². The maximum Gasteiger partial charge on any atom is 0.228 e. The molecule has 0 aromatic heterocycles. The van der Waals surface area contributed by atoms with Crippen molar-refractivity contribution in [2.45, 2.75) is 38.1 Å². The molecule has 0 bridgehead atoms. The number of halogens is 1. The Hall–Kier alpha value is -0.0900. The number of piperidine rings is 1. The monoisotopic (exact) mass is 289 g/mol. The highest BCUT2D eigenvalue weighted by molar-refractivity contribution is 9.09. The Morgan fingerprint density at radius 2 is 2.25 bits per heavy atom. The van der Waals surface area contributed by atoms with Crippen molar-refractivity contribution in [2.24, 2.45) is 5.92 Å². The lowest BCUT2D eigenvalue weighted by atomic mass is 9.97. The molecule has 4 heteroatoms. The van der Waals surface area contributed by atoms with E-state index < -0.39 is 0 Å². The molecule has 2 rings (SSSR count). The number of hydrogen-bond donors (Lipinski definition) is 0. The van der Waals surface area contributed by atoms with Crippen LogP contribution < -0.4 is 0 Å². The predicted molar refractivity (Wildman–Crippen MR) is 66.7 cm³/mol. The smallest absolute Gasteiger partial charge is 0.228 e. The van der Waals surface area contributed by atoms with Gasteiger partial charge in [-0.25, -0.2) is 0 Å². The van der Waals surface area contributed by atoms with E-state index in [9.17, 15) is 4.79 Å². The Bertz CT molecular complexity index is 239. The summed E-state index contributed by atoms with van der Waals surface area (Å²) in [6.45, 7) is 2.34. The number of ether oxygens (including phenoxy) is 1. The van der Waals surface area contributed by atoms with Crippen molar-refractivity contribution in [3.63, 3.8) is 0 Å². The van der Waals surface area contributed by atoms with Gasteiger partial charge in [-0.3, -0.25) is 4.79 Å². The maximum atomic E-state index is 12.3. The van der Waals surface area contributed by atoms with Gasteiger partial charge in [0.05, 0.1) is 12.5 Å².